The number of piperidine rings is 1. The number of hydrogen-bond acceptors (Lipinski definition) is 8. The molecule has 2 heterocycles. The van der Waals surface area contributed by atoms with Gasteiger partial charge >= 0.3 is 0 Å². The average molecular weight is 782 g/mol. The number of hydrogen-bond donors (Lipinski definition) is 3. The Hall–Kier alpha value is -2.69. The maximum absolute atomic E-state index is 12.8. The number of carbonyl (C=O) groups excluding carboxylic acids is 3. The zero-order chi connectivity index (χ0) is 41.3. The van der Waals surface area contributed by atoms with Crippen molar-refractivity contribution in [2.45, 2.75) is 186 Å². The van der Waals surface area contributed by atoms with E-state index < -0.39 is 29.7 Å². The summed E-state index contributed by atoms with van der Waals surface area (Å²) in [5.41, 5.74) is 3.12. The van der Waals surface area contributed by atoms with Gasteiger partial charge in [-0.3, -0.25) is 14.4 Å². The van der Waals surface area contributed by atoms with Crippen LogP contribution in [0.1, 0.15) is 150 Å². The summed E-state index contributed by atoms with van der Waals surface area (Å²) in [5, 5.41) is 31.5. The highest BCUT2D eigenvalue weighted by Gasteiger charge is 2.63. The van der Waals surface area contributed by atoms with Crippen molar-refractivity contribution in [1.82, 2.24) is 4.90 Å². The van der Waals surface area contributed by atoms with E-state index in [2.05, 4.69) is 44.7 Å². The second kappa shape index (κ2) is 24.3. The van der Waals surface area contributed by atoms with Crippen LogP contribution >= 0.6 is 0 Å². The van der Waals surface area contributed by atoms with Crippen LogP contribution in [-0.2, 0) is 23.9 Å². The standard InChI is InChI=1S/C47H75NO8/c1-33(21-13-11-15-26-44-47(54,56-44)45(52)46(53)48-29-19-18-23-38(48)6)20-12-9-8-10-14-22-34(2)35(3)31-42(51)37(5)30-36(4)40(49)25-17-16-24-39-27-28-41(50)43(32-39)55-7/h8-10,12,20,30,34,36,38-39,41-44,50-51,54H,3,11,13-19,21-29,31-32H2,1-2,4-7H3/b10-8+,12-9+,33-20+,37-30+/t34?,36-,38?,39?,41?,42?,43?,44?,47?/m1/s1. The van der Waals surface area contributed by atoms with E-state index in [0.717, 1.165) is 107 Å². The fourth-order valence-corrected chi connectivity index (χ4v) is 8.20. The molecule has 3 fully saturated rings. The van der Waals surface area contributed by atoms with Gasteiger partial charge < -0.3 is 29.7 Å². The normalized spacial score (nSPS) is 27.7. The first-order valence-corrected chi connectivity index (χ1v) is 21.7. The van der Waals surface area contributed by atoms with E-state index in [1.807, 2.05) is 32.9 Å². The van der Waals surface area contributed by atoms with Crippen molar-refractivity contribution >= 4 is 17.5 Å². The lowest BCUT2D eigenvalue weighted by Crippen LogP contribution is -2.49. The first-order valence-electron chi connectivity index (χ1n) is 21.7. The first kappa shape index (κ1) is 47.7. The summed E-state index contributed by atoms with van der Waals surface area (Å²) in [6.07, 6.45) is 26.4. The Balaban J connectivity index is 1.23. The van der Waals surface area contributed by atoms with Crippen LogP contribution in [-0.4, -0.2) is 87.6 Å². The van der Waals surface area contributed by atoms with Gasteiger partial charge in [-0.2, -0.15) is 0 Å². The molecule has 8 unspecified atom stereocenters. The minimum absolute atomic E-state index is 0.0196. The van der Waals surface area contributed by atoms with Gasteiger partial charge in [-0.05, 0) is 122 Å². The number of ether oxygens (including phenoxy) is 2. The molecule has 56 heavy (non-hydrogen) atoms. The van der Waals surface area contributed by atoms with Gasteiger partial charge in [0.15, 0.2) is 0 Å². The molecule has 2 saturated heterocycles. The predicted octanol–water partition coefficient (Wildman–Crippen LogP) is 8.66. The number of aliphatic hydroxyl groups excluding tert-OH is 2. The molecule has 3 aliphatic rings. The average Bonchev–Trinajstić information content (AvgIpc) is 3.85. The van der Waals surface area contributed by atoms with E-state index in [9.17, 15) is 29.7 Å². The fourth-order valence-electron chi connectivity index (χ4n) is 8.20. The molecule has 9 atom stereocenters. The number of methoxy groups -OCH3 is 1. The van der Waals surface area contributed by atoms with Crippen LogP contribution in [0.3, 0.4) is 0 Å². The molecule has 9 heteroatoms. The van der Waals surface area contributed by atoms with Crippen LogP contribution in [0.2, 0.25) is 0 Å². The van der Waals surface area contributed by atoms with Crippen LogP contribution in [0.5, 0.6) is 0 Å². The van der Waals surface area contributed by atoms with Crippen LogP contribution in [0.4, 0.5) is 0 Å². The summed E-state index contributed by atoms with van der Waals surface area (Å²) >= 11 is 0. The van der Waals surface area contributed by atoms with Gasteiger partial charge in [-0.25, -0.2) is 0 Å². The Morgan fingerprint density at radius 3 is 2.45 bits per heavy atom. The molecule has 316 valence electrons. The van der Waals surface area contributed by atoms with Crippen LogP contribution in [0.15, 0.2) is 59.8 Å². The molecule has 0 aromatic heterocycles. The summed E-state index contributed by atoms with van der Waals surface area (Å²) in [6.45, 7) is 14.9. The zero-order valence-electron chi connectivity index (χ0n) is 35.6. The fraction of sp³-hybridized carbons (Fsp3) is 0.723. The monoisotopic (exact) mass is 782 g/mol. The molecule has 0 spiro atoms. The quantitative estimate of drug-likeness (QED) is 0.0275. The van der Waals surface area contributed by atoms with Crippen molar-refractivity contribution in [3.63, 3.8) is 0 Å². The van der Waals surface area contributed by atoms with Crippen molar-refractivity contribution in [3.05, 3.63) is 59.8 Å². The zero-order valence-corrected chi connectivity index (χ0v) is 35.6. The van der Waals surface area contributed by atoms with E-state index in [4.69, 9.17) is 9.47 Å². The second-order valence-electron chi connectivity index (χ2n) is 17.2. The number of amides is 1. The van der Waals surface area contributed by atoms with Crippen molar-refractivity contribution in [2.75, 3.05) is 13.7 Å². The highest BCUT2D eigenvalue weighted by Crippen LogP contribution is 2.39. The van der Waals surface area contributed by atoms with E-state index in [1.54, 1.807) is 12.0 Å². The van der Waals surface area contributed by atoms with E-state index in [1.165, 1.54) is 5.57 Å². The van der Waals surface area contributed by atoms with Crippen LogP contribution < -0.4 is 0 Å². The Morgan fingerprint density at radius 1 is 0.982 bits per heavy atom. The molecular formula is C47H75NO8. The molecule has 2 aliphatic heterocycles. The minimum atomic E-state index is -1.94. The highest BCUT2D eigenvalue weighted by molar-refractivity contribution is 6.39. The van der Waals surface area contributed by atoms with Gasteiger partial charge in [0.2, 0.25) is 0 Å². The molecule has 1 amide bonds. The molecule has 1 saturated carbocycles. The number of rotatable bonds is 25. The Bertz CT molecular complexity index is 1400. The van der Waals surface area contributed by atoms with Crippen molar-refractivity contribution in [2.24, 2.45) is 17.8 Å². The number of epoxide rings is 1. The molecular weight excluding hydrogens is 707 g/mol. The SMILES string of the molecule is C=C(CC(O)/C(C)=C/[C@@H](C)C(=O)CCCCC1CCC(O)C(OC)C1)C(C)CC/C=C/C=C/C=C(\C)CCCCCC1OC1(O)C(=O)C(=O)N1CCCCC1C. The van der Waals surface area contributed by atoms with Gasteiger partial charge in [0.25, 0.3) is 17.5 Å². The lowest BCUT2D eigenvalue weighted by molar-refractivity contribution is -0.156. The summed E-state index contributed by atoms with van der Waals surface area (Å²) < 4.78 is 10.8. The largest absolute Gasteiger partial charge is 0.390 e. The number of unbranched alkanes of at least 4 members (excludes halogenated alkanes) is 3. The maximum atomic E-state index is 12.8. The molecule has 1 aliphatic carbocycles. The van der Waals surface area contributed by atoms with Gasteiger partial charge in [0.05, 0.1) is 18.3 Å². The Labute approximate surface area is 338 Å². The topological polar surface area (TPSA) is 137 Å². The third kappa shape index (κ3) is 15.6. The summed E-state index contributed by atoms with van der Waals surface area (Å²) in [6, 6.07) is 0.0196. The molecule has 3 N–H and O–H groups in total. The molecule has 3 rings (SSSR count). The molecule has 0 bridgehead atoms. The molecule has 9 nitrogen and oxygen atoms in total. The van der Waals surface area contributed by atoms with E-state index in [-0.39, 0.29) is 35.9 Å². The van der Waals surface area contributed by atoms with E-state index >= 15 is 0 Å². The third-order valence-electron chi connectivity index (χ3n) is 12.5. The van der Waals surface area contributed by atoms with Crippen molar-refractivity contribution < 1.29 is 39.2 Å². The summed E-state index contributed by atoms with van der Waals surface area (Å²) in [7, 11) is 1.67. The number of allylic oxidation sites excluding steroid dienone is 7. The van der Waals surface area contributed by atoms with Gasteiger partial charge in [0, 0.05) is 32.0 Å². The number of carbonyl (C=O) groups is 3. The maximum Gasteiger partial charge on any atom is 0.296 e. The van der Waals surface area contributed by atoms with Gasteiger partial charge in [-0.15, -0.1) is 0 Å². The predicted molar refractivity (Wildman–Crippen MR) is 224 cm³/mol. The number of ketones is 2. The smallest absolute Gasteiger partial charge is 0.296 e. The number of likely N-dealkylation sites (tertiary alicyclic amines) is 1. The third-order valence-corrected chi connectivity index (χ3v) is 12.5. The number of nitrogens with zero attached hydrogens (tertiary/aromatic N) is 1. The van der Waals surface area contributed by atoms with Crippen LogP contribution in [0.25, 0.3) is 0 Å². The molecule has 0 aromatic carbocycles. The number of Topliss-reactive ketones (excluding diaryl/α,β-unsaturated/α-hetero) is 2. The molecule has 0 aromatic rings. The van der Waals surface area contributed by atoms with E-state index in [0.29, 0.717) is 31.7 Å². The highest BCUT2D eigenvalue weighted by atomic mass is 16.7. The second-order valence-corrected chi connectivity index (χ2v) is 17.2. The lowest BCUT2D eigenvalue weighted by Gasteiger charge is -2.33. The van der Waals surface area contributed by atoms with Gasteiger partial charge in [0.1, 0.15) is 11.9 Å². The minimum Gasteiger partial charge on any atom is -0.390 e. The Morgan fingerprint density at radius 2 is 1.71 bits per heavy atom. The summed E-state index contributed by atoms with van der Waals surface area (Å²) in [5.74, 6) is -2.55. The summed E-state index contributed by atoms with van der Waals surface area (Å²) in [4.78, 5) is 39.7. The van der Waals surface area contributed by atoms with Crippen molar-refractivity contribution in [1.29, 1.82) is 0 Å². The van der Waals surface area contributed by atoms with Gasteiger partial charge in [-0.1, -0.05) is 93.7 Å². The first-order chi connectivity index (χ1) is 26.7. The molecule has 0 radical (unpaired) electrons. The lowest BCUT2D eigenvalue weighted by atomic mass is 9.82. The van der Waals surface area contributed by atoms with Crippen LogP contribution in [0, 0.1) is 17.8 Å². The van der Waals surface area contributed by atoms with Crippen molar-refractivity contribution in [3.8, 4) is 0 Å². The Kier molecular flexibility index (Phi) is 20.7. The number of aliphatic hydroxyl groups is 3.